The third-order valence-electron chi connectivity index (χ3n) is 4.88. The fourth-order valence-electron chi connectivity index (χ4n) is 3.44. The number of nitrogens with zero attached hydrogens (tertiary/aromatic N) is 3. The van der Waals surface area contributed by atoms with Crippen LogP contribution in [-0.4, -0.2) is 36.1 Å². The third-order valence-corrected chi connectivity index (χ3v) is 4.88. The van der Waals surface area contributed by atoms with Crippen LogP contribution in [0.15, 0.2) is 6.07 Å². The van der Waals surface area contributed by atoms with Crippen molar-refractivity contribution in [2.45, 2.75) is 39.0 Å². The van der Waals surface area contributed by atoms with Crippen molar-refractivity contribution in [3.8, 4) is 6.07 Å². The number of hydrogen-bond donors (Lipinski definition) is 1. The number of aromatic nitrogens is 1. The molecule has 0 amide bonds. The van der Waals surface area contributed by atoms with Crippen molar-refractivity contribution < 1.29 is 0 Å². The molecular weight excluding hydrogens is 260 g/mol. The Morgan fingerprint density at radius 2 is 2.19 bits per heavy atom. The van der Waals surface area contributed by atoms with Crippen molar-refractivity contribution in [3.05, 3.63) is 22.9 Å². The predicted octanol–water partition coefficient (Wildman–Crippen LogP) is 2.59. The van der Waals surface area contributed by atoms with Gasteiger partial charge < -0.3 is 10.2 Å². The maximum Gasteiger partial charge on any atom is 0.144 e. The monoisotopic (exact) mass is 284 g/mol. The summed E-state index contributed by atoms with van der Waals surface area (Å²) in [5.74, 6) is 1.51. The van der Waals surface area contributed by atoms with Crippen molar-refractivity contribution in [1.82, 2.24) is 9.88 Å². The van der Waals surface area contributed by atoms with E-state index in [1.165, 1.54) is 43.6 Å². The summed E-state index contributed by atoms with van der Waals surface area (Å²) >= 11 is 0. The highest BCUT2D eigenvalue weighted by atomic mass is 15.1. The molecule has 1 saturated heterocycles. The molecule has 0 bridgehead atoms. The third kappa shape index (κ3) is 3.19. The first-order chi connectivity index (χ1) is 10.3. The summed E-state index contributed by atoms with van der Waals surface area (Å²) in [5, 5.41) is 12.8. The van der Waals surface area contributed by atoms with Gasteiger partial charge in [0.25, 0.3) is 0 Å². The van der Waals surface area contributed by atoms with Gasteiger partial charge in [0.15, 0.2) is 0 Å². The van der Waals surface area contributed by atoms with Crippen molar-refractivity contribution >= 4 is 5.82 Å². The first-order valence-electron chi connectivity index (χ1n) is 8.19. The Balaban J connectivity index is 1.62. The Hall–Kier alpha value is -1.60. The van der Waals surface area contributed by atoms with Gasteiger partial charge in [0, 0.05) is 12.2 Å². The summed E-state index contributed by atoms with van der Waals surface area (Å²) < 4.78 is 0. The average molecular weight is 284 g/mol. The van der Waals surface area contributed by atoms with E-state index in [4.69, 9.17) is 4.98 Å². The van der Waals surface area contributed by atoms with E-state index in [1.54, 1.807) is 0 Å². The number of rotatable bonds is 4. The fraction of sp³-hybridized carbons (Fsp3) is 0.647. The summed E-state index contributed by atoms with van der Waals surface area (Å²) in [6.45, 7) is 6.73. The molecule has 1 aromatic heterocycles. The Kier molecular flexibility index (Phi) is 4.40. The fourth-order valence-corrected chi connectivity index (χ4v) is 3.44. The number of pyridine rings is 1. The van der Waals surface area contributed by atoms with Crippen LogP contribution in [0, 0.1) is 17.2 Å². The molecule has 0 saturated carbocycles. The number of hydrogen-bond acceptors (Lipinski definition) is 4. The highest BCUT2D eigenvalue weighted by Crippen LogP contribution is 2.25. The molecule has 0 aromatic carbocycles. The predicted molar refractivity (Wildman–Crippen MR) is 84.3 cm³/mol. The summed E-state index contributed by atoms with van der Waals surface area (Å²) in [6.07, 6.45) is 5.80. The van der Waals surface area contributed by atoms with E-state index in [0.717, 1.165) is 31.7 Å². The second-order valence-corrected chi connectivity index (χ2v) is 6.21. The van der Waals surface area contributed by atoms with E-state index in [9.17, 15) is 5.26 Å². The number of nitrogens with one attached hydrogen (secondary N) is 1. The zero-order chi connectivity index (χ0) is 14.7. The topological polar surface area (TPSA) is 52.0 Å². The SMILES string of the molecule is CCN1CCC(CNc2nc3c(cc2C#N)CCC3)CC1. The molecule has 1 aliphatic heterocycles. The summed E-state index contributed by atoms with van der Waals surface area (Å²) in [7, 11) is 0. The van der Waals surface area contributed by atoms with Crippen LogP contribution in [-0.2, 0) is 12.8 Å². The van der Waals surface area contributed by atoms with Gasteiger partial charge in [0.2, 0.25) is 0 Å². The van der Waals surface area contributed by atoms with E-state index < -0.39 is 0 Å². The molecule has 4 heteroatoms. The maximum absolute atomic E-state index is 9.32. The molecular formula is C17H24N4. The van der Waals surface area contributed by atoms with Crippen molar-refractivity contribution in [1.29, 1.82) is 5.26 Å². The molecule has 2 aliphatic rings. The van der Waals surface area contributed by atoms with Crippen molar-refractivity contribution in [3.63, 3.8) is 0 Å². The van der Waals surface area contributed by atoms with Crippen LogP contribution < -0.4 is 5.32 Å². The Morgan fingerprint density at radius 3 is 2.90 bits per heavy atom. The molecule has 4 nitrogen and oxygen atoms in total. The molecule has 1 aromatic rings. The van der Waals surface area contributed by atoms with E-state index in [2.05, 4.69) is 23.2 Å². The minimum absolute atomic E-state index is 0.703. The molecule has 0 atom stereocenters. The van der Waals surface area contributed by atoms with Gasteiger partial charge in [-0.05, 0) is 69.3 Å². The first-order valence-corrected chi connectivity index (χ1v) is 8.19. The van der Waals surface area contributed by atoms with Gasteiger partial charge in [-0.15, -0.1) is 0 Å². The van der Waals surface area contributed by atoms with Crippen molar-refractivity contribution in [2.24, 2.45) is 5.92 Å². The first kappa shape index (κ1) is 14.3. The van der Waals surface area contributed by atoms with E-state index in [0.29, 0.717) is 11.5 Å². The molecule has 3 rings (SSSR count). The molecule has 0 spiro atoms. The van der Waals surface area contributed by atoms with Gasteiger partial charge in [0.1, 0.15) is 11.9 Å². The smallest absolute Gasteiger partial charge is 0.144 e. The van der Waals surface area contributed by atoms with Gasteiger partial charge in [-0.1, -0.05) is 6.92 Å². The Labute approximate surface area is 127 Å². The molecule has 0 unspecified atom stereocenters. The Bertz CT molecular complexity index is 538. The standard InChI is InChI=1S/C17H24N4/c1-2-21-8-6-13(7-9-21)12-19-17-15(11-18)10-14-4-3-5-16(14)20-17/h10,13H,2-9,12H2,1H3,(H,19,20). The minimum Gasteiger partial charge on any atom is -0.369 e. The lowest BCUT2D eigenvalue weighted by atomic mass is 9.97. The van der Waals surface area contributed by atoms with Crippen LogP contribution in [0.1, 0.15) is 43.0 Å². The molecule has 1 fully saturated rings. The number of anilines is 1. The zero-order valence-electron chi connectivity index (χ0n) is 12.9. The quantitative estimate of drug-likeness (QED) is 0.923. The van der Waals surface area contributed by atoms with E-state index in [1.807, 2.05) is 6.07 Å². The van der Waals surface area contributed by atoms with Crippen LogP contribution in [0.5, 0.6) is 0 Å². The van der Waals surface area contributed by atoms with Crippen molar-refractivity contribution in [2.75, 3.05) is 31.5 Å². The highest BCUT2D eigenvalue weighted by Gasteiger charge is 2.20. The number of piperidine rings is 1. The molecule has 1 N–H and O–H groups in total. The average Bonchev–Trinajstić information content (AvgIpc) is 2.99. The number of likely N-dealkylation sites (tertiary alicyclic amines) is 1. The Morgan fingerprint density at radius 1 is 1.38 bits per heavy atom. The highest BCUT2D eigenvalue weighted by molar-refractivity contribution is 5.55. The van der Waals surface area contributed by atoms with Gasteiger partial charge in [-0.2, -0.15) is 5.26 Å². The maximum atomic E-state index is 9.32. The molecule has 112 valence electrons. The second-order valence-electron chi connectivity index (χ2n) is 6.21. The van der Waals surface area contributed by atoms with E-state index in [-0.39, 0.29) is 0 Å². The largest absolute Gasteiger partial charge is 0.369 e. The molecule has 2 heterocycles. The van der Waals surface area contributed by atoms with E-state index >= 15 is 0 Å². The van der Waals surface area contributed by atoms with Crippen LogP contribution in [0.3, 0.4) is 0 Å². The molecule has 21 heavy (non-hydrogen) atoms. The second kappa shape index (κ2) is 6.44. The lowest BCUT2D eigenvalue weighted by Gasteiger charge is -2.31. The van der Waals surface area contributed by atoms with Gasteiger partial charge in [0.05, 0.1) is 5.56 Å². The number of nitriles is 1. The summed E-state index contributed by atoms with van der Waals surface area (Å²) in [4.78, 5) is 7.20. The summed E-state index contributed by atoms with van der Waals surface area (Å²) in [5.41, 5.74) is 3.17. The zero-order valence-corrected chi connectivity index (χ0v) is 12.9. The van der Waals surface area contributed by atoms with Crippen LogP contribution in [0.4, 0.5) is 5.82 Å². The lowest BCUT2D eigenvalue weighted by molar-refractivity contribution is 0.198. The van der Waals surface area contributed by atoms with Crippen LogP contribution >= 0.6 is 0 Å². The lowest BCUT2D eigenvalue weighted by Crippen LogP contribution is -2.35. The number of aryl methyl sites for hydroxylation is 2. The minimum atomic E-state index is 0.703. The molecule has 1 aliphatic carbocycles. The summed E-state index contributed by atoms with van der Waals surface area (Å²) in [6, 6.07) is 4.34. The molecule has 0 radical (unpaired) electrons. The van der Waals surface area contributed by atoms with Gasteiger partial charge >= 0.3 is 0 Å². The van der Waals surface area contributed by atoms with Crippen LogP contribution in [0.25, 0.3) is 0 Å². The normalized spacial score (nSPS) is 19.2. The van der Waals surface area contributed by atoms with Crippen LogP contribution in [0.2, 0.25) is 0 Å². The van der Waals surface area contributed by atoms with Gasteiger partial charge in [-0.3, -0.25) is 0 Å². The van der Waals surface area contributed by atoms with Gasteiger partial charge in [-0.25, -0.2) is 4.98 Å². The number of fused-ring (bicyclic) bond motifs is 1.